The molecule has 0 atom stereocenters. The Balaban J connectivity index is 2.03. The molecule has 0 bridgehead atoms. The maximum absolute atomic E-state index is 13.3. The van der Waals surface area contributed by atoms with Crippen molar-refractivity contribution in [3.63, 3.8) is 0 Å². The number of hydrogen-bond acceptors (Lipinski definition) is 3. The summed E-state index contributed by atoms with van der Waals surface area (Å²) in [4.78, 5) is 14.8. The molecule has 2 rings (SSSR count). The number of aryl methyl sites for hydroxylation is 1. The first-order valence-electron chi connectivity index (χ1n) is 8.00. The normalized spacial score (nSPS) is 11.2. The van der Waals surface area contributed by atoms with Crippen LogP contribution in [0.25, 0.3) is 0 Å². The molecule has 0 saturated heterocycles. The Morgan fingerprint density at radius 3 is 2.68 bits per heavy atom. The first-order valence-corrected chi connectivity index (χ1v) is 8.00. The molecule has 0 radical (unpaired) electrons. The molecular formula is C18H21FN4O2. The van der Waals surface area contributed by atoms with E-state index in [1.165, 1.54) is 18.2 Å². The number of nitro benzene ring substituents is 1. The number of nitrogens with one attached hydrogen (secondary N) is 2. The maximum atomic E-state index is 13.3. The Morgan fingerprint density at radius 1 is 1.20 bits per heavy atom. The van der Waals surface area contributed by atoms with Crippen molar-refractivity contribution in [3.05, 3.63) is 75.1 Å². The molecule has 2 aromatic rings. The number of halogens is 1. The van der Waals surface area contributed by atoms with E-state index in [1.807, 2.05) is 6.92 Å². The highest BCUT2D eigenvalue weighted by Gasteiger charge is 2.06. The first kappa shape index (κ1) is 18.4. The summed E-state index contributed by atoms with van der Waals surface area (Å²) in [7, 11) is 0. The van der Waals surface area contributed by atoms with Crippen LogP contribution in [0.2, 0.25) is 0 Å². The molecule has 0 saturated carbocycles. The number of guanidine groups is 1. The van der Waals surface area contributed by atoms with Gasteiger partial charge >= 0.3 is 0 Å². The smallest absolute Gasteiger partial charge is 0.269 e. The van der Waals surface area contributed by atoms with E-state index in [1.54, 1.807) is 31.2 Å². The molecule has 0 spiro atoms. The fraction of sp³-hybridized carbons (Fsp3) is 0.278. The highest BCUT2D eigenvalue weighted by Crippen LogP contribution is 2.13. The van der Waals surface area contributed by atoms with Crippen LogP contribution in [0.3, 0.4) is 0 Å². The van der Waals surface area contributed by atoms with Gasteiger partial charge in [-0.3, -0.25) is 10.1 Å². The molecule has 0 aromatic heterocycles. The summed E-state index contributed by atoms with van der Waals surface area (Å²) >= 11 is 0. The van der Waals surface area contributed by atoms with E-state index >= 15 is 0 Å². The summed E-state index contributed by atoms with van der Waals surface area (Å²) in [6, 6.07) is 11.4. The average Bonchev–Trinajstić information content (AvgIpc) is 2.60. The molecule has 0 unspecified atom stereocenters. The first-order chi connectivity index (χ1) is 12.0. The van der Waals surface area contributed by atoms with Crippen LogP contribution < -0.4 is 10.6 Å². The minimum atomic E-state index is -0.423. The number of non-ortho nitro benzene ring substituents is 1. The molecule has 0 heterocycles. The second kappa shape index (κ2) is 8.77. The zero-order chi connectivity index (χ0) is 18.2. The SMILES string of the molecule is CCNC(=NCc1cccc([N+](=O)[O-])c1)NCc1ccc(F)c(C)c1. The minimum absolute atomic E-state index is 0.0486. The maximum Gasteiger partial charge on any atom is 0.269 e. The van der Waals surface area contributed by atoms with Gasteiger partial charge in [-0.05, 0) is 36.6 Å². The molecule has 132 valence electrons. The molecule has 6 nitrogen and oxygen atoms in total. The Hall–Kier alpha value is -2.96. The van der Waals surface area contributed by atoms with Crippen molar-refractivity contribution < 1.29 is 9.31 Å². The van der Waals surface area contributed by atoms with Gasteiger partial charge in [0, 0.05) is 25.2 Å². The Kier molecular flexibility index (Phi) is 6.45. The van der Waals surface area contributed by atoms with Crippen molar-refractivity contribution >= 4 is 11.6 Å². The largest absolute Gasteiger partial charge is 0.357 e. The zero-order valence-corrected chi connectivity index (χ0v) is 14.3. The van der Waals surface area contributed by atoms with Gasteiger partial charge in [0.2, 0.25) is 0 Å². The van der Waals surface area contributed by atoms with E-state index in [2.05, 4.69) is 15.6 Å². The van der Waals surface area contributed by atoms with E-state index in [0.29, 0.717) is 31.2 Å². The quantitative estimate of drug-likeness (QED) is 0.365. The number of nitrogens with zero attached hydrogens (tertiary/aromatic N) is 2. The zero-order valence-electron chi connectivity index (χ0n) is 14.3. The van der Waals surface area contributed by atoms with Crippen LogP contribution in [0.5, 0.6) is 0 Å². The van der Waals surface area contributed by atoms with Gasteiger partial charge in [0.25, 0.3) is 5.69 Å². The van der Waals surface area contributed by atoms with Crippen molar-refractivity contribution in [3.8, 4) is 0 Å². The van der Waals surface area contributed by atoms with Crippen LogP contribution in [0.15, 0.2) is 47.5 Å². The summed E-state index contributed by atoms with van der Waals surface area (Å²) in [5.74, 6) is 0.367. The third kappa shape index (κ3) is 5.56. The van der Waals surface area contributed by atoms with Gasteiger partial charge in [0.1, 0.15) is 5.82 Å². The Labute approximate surface area is 145 Å². The highest BCUT2D eigenvalue weighted by molar-refractivity contribution is 5.79. The lowest BCUT2D eigenvalue weighted by atomic mass is 10.1. The average molecular weight is 344 g/mol. The lowest BCUT2D eigenvalue weighted by Gasteiger charge is -2.12. The standard InChI is InChI=1S/C18H21FN4O2/c1-3-20-18(22-12-15-7-8-17(19)13(2)9-15)21-11-14-5-4-6-16(10-14)23(24)25/h4-10H,3,11-12H2,1-2H3,(H2,20,21,22). The molecule has 0 aliphatic carbocycles. The fourth-order valence-electron chi connectivity index (χ4n) is 2.28. The molecule has 2 aromatic carbocycles. The molecule has 0 aliphatic rings. The van der Waals surface area contributed by atoms with Crippen molar-refractivity contribution in [1.29, 1.82) is 0 Å². The predicted molar refractivity (Wildman–Crippen MR) is 95.9 cm³/mol. The topological polar surface area (TPSA) is 79.6 Å². The van der Waals surface area contributed by atoms with Crippen LogP contribution >= 0.6 is 0 Å². The van der Waals surface area contributed by atoms with E-state index in [4.69, 9.17) is 0 Å². The van der Waals surface area contributed by atoms with Crippen molar-refractivity contribution in [2.24, 2.45) is 4.99 Å². The van der Waals surface area contributed by atoms with E-state index in [-0.39, 0.29) is 11.5 Å². The van der Waals surface area contributed by atoms with Gasteiger partial charge in [-0.25, -0.2) is 9.38 Å². The van der Waals surface area contributed by atoms with Crippen molar-refractivity contribution in [2.45, 2.75) is 26.9 Å². The molecule has 0 aliphatic heterocycles. The van der Waals surface area contributed by atoms with Crippen LogP contribution in [0.1, 0.15) is 23.6 Å². The van der Waals surface area contributed by atoms with Gasteiger partial charge in [-0.2, -0.15) is 0 Å². The summed E-state index contributed by atoms with van der Waals surface area (Å²) in [6.07, 6.45) is 0. The molecule has 0 fully saturated rings. The number of hydrogen-bond donors (Lipinski definition) is 2. The van der Waals surface area contributed by atoms with E-state index < -0.39 is 4.92 Å². The number of benzene rings is 2. The second-order valence-corrected chi connectivity index (χ2v) is 5.56. The third-order valence-electron chi connectivity index (χ3n) is 3.57. The van der Waals surface area contributed by atoms with Crippen LogP contribution in [-0.4, -0.2) is 17.4 Å². The van der Waals surface area contributed by atoms with Gasteiger partial charge < -0.3 is 10.6 Å². The third-order valence-corrected chi connectivity index (χ3v) is 3.57. The van der Waals surface area contributed by atoms with Gasteiger partial charge in [-0.15, -0.1) is 0 Å². The van der Waals surface area contributed by atoms with Crippen molar-refractivity contribution in [2.75, 3.05) is 6.54 Å². The van der Waals surface area contributed by atoms with E-state index in [9.17, 15) is 14.5 Å². The minimum Gasteiger partial charge on any atom is -0.357 e. The highest BCUT2D eigenvalue weighted by atomic mass is 19.1. The van der Waals surface area contributed by atoms with Crippen LogP contribution in [0.4, 0.5) is 10.1 Å². The fourth-order valence-corrected chi connectivity index (χ4v) is 2.28. The summed E-state index contributed by atoms with van der Waals surface area (Å²) in [5.41, 5.74) is 2.34. The number of aliphatic imine (C=N–C) groups is 1. The lowest BCUT2D eigenvalue weighted by molar-refractivity contribution is -0.384. The second-order valence-electron chi connectivity index (χ2n) is 5.56. The Bertz CT molecular complexity index is 777. The lowest BCUT2D eigenvalue weighted by Crippen LogP contribution is -2.36. The van der Waals surface area contributed by atoms with Crippen LogP contribution in [-0.2, 0) is 13.1 Å². The number of nitro groups is 1. The monoisotopic (exact) mass is 344 g/mol. The van der Waals surface area contributed by atoms with E-state index in [0.717, 1.165) is 11.1 Å². The van der Waals surface area contributed by atoms with Gasteiger partial charge in [0.05, 0.1) is 11.5 Å². The molecule has 0 amide bonds. The Morgan fingerprint density at radius 2 is 2.00 bits per heavy atom. The van der Waals surface area contributed by atoms with Crippen LogP contribution in [0, 0.1) is 22.9 Å². The summed E-state index contributed by atoms with van der Waals surface area (Å²) in [6.45, 7) is 5.18. The summed E-state index contributed by atoms with van der Waals surface area (Å²) in [5, 5.41) is 17.1. The molecular weight excluding hydrogens is 323 g/mol. The van der Waals surface area contributed by atoms with Crippen molar-refractivity contribution in [1.82, 2.24) is 10.6 Å². The summed E-state index contributed by atoms with van der Waals surface area (Å²) < 4.78 is 13.3. The van der Waals surface area contributed by atoms with Gasteiger partial charge in [-0.1, -0.05) is 24.3 Å². The number of rotatable bonds is 6. The van der Waals surface area contributed by atoms with Gasteiger partial charge in [0.15, 0.2) is 5.96 Å². The molecule has 2 N–H and O–H groups in total. The predicted octanol–water partition coefficient (Wildman–Crippen LogP) is 3.30. The molecule has 7 heteroatoms. The molecule has 25 heavy (non-hydrogen) atoms.